The lowest BCUT2D eigenvalue weighted by atomic mass is 10.0. The van der Waals surface area contributed by atoms with Crippen LogP contribution >= 0.6 is 0 Å². The maximum atomic E-state index is 11.1. The number of benzene rings is 1. The summed E-state index contributed by atoms with van der Waals surface area (Å²) in [4.78, 5) is 11.1. The highest BCUT2D eigenvalue weighted by molar-refractivity contribution is 5.94. The summed E-state index contributed by atoms with van der Waals surface area (Å²) in [5, 5.41) is 9.12. The van der Waals surface area contributed by atoms with Crippen molar-refractivity contribution in [3.63, 3.8) is 0 Å². The molecule has 0 bridgehead atoms. The van der Waals surface area contributed by atoms with Crippen LogP contribution in [0.1, 0.15) is 12.0 Å². The van der Waals surface area contributed by atoms with Crippen LogP contribution in [0.2, 0.25) is 0 Å². The van der Waals surface area contributed by atoms with Gasteiger partial charge < -0.3 is 16.0 Å². The zero-order chi connectivity index (χ0) is 10.7. The minimum Gasteiger partial charge on any atom is -0.372 e. The van der Waals surface area contributed by atoms with E-state index < -0.39 is 0 Å². The van der Waals surface area contributed by atoms with Gasteiger partial charge in [0.15, 0.2) is 0 Å². The molecule has 0 spiro atoms. The summed E-state index contributed by atoms with van der Waals surface area (Å²) >= 11 is 0. The van der Waals surface area contributed by atoms with Crippen molar-refractivity contribution in [1.82, 2.24) is 5.32 Å². The van der Waals surface area contributed by atoms with Gasteiger partial charge in [0.1, 0.15) is 0 Å². The Morgan fingerprint density at radius 3 is 3.07 bits per heavy atom. The Kier molecular flexibility index (Phi) is 2.87. The van der Waals surface area contributed by atoms with Crippen molar-refractivity contribution in [2.75, 3.05) is 24.3 Å². The van der Waals surface area contributed by atoms with Gasteiger partial charge in [0.05, 0.1) is 6.67 Å². The summed E-state index contributed by atoms with van der Waals surface area (Å²) in [6, 6.07) is 6.01. The number of fused-ring (bicyclic) bond motifs is 1. The fourth-order valence-electron chi connectivity index (χ4n) is 1.68. The van der Waals surface area contributed by atoms with Crippen molar-refractivity contribution in [1.29, 1.82) is 0 Å². The molecule has 0 aromatic heterocycles. The number of amides is 1. The molecule has 0 radical (unpaired) electrons. The SMILES string of the molecule is CNCNc1ccc2c(c1)CCC(=O)N2. The number of aryl methyl sites for hydroxylation is 1. The molecule has 0 saturated heterocycles. The molecule has 3 N–H and O–H groups in total. The Balaban J connectivity index is 2.15. The molecule has 1 aromatic rings. The molecule has 15 heavy (non-hydrogen) atoms. The fraction of sp³-hybridized carbons (Fsp3) is 0.364. The average molecular weight is 205 g/mol. The van der Waals surface area contributed by atoms with Gasteiger partial charge in [-0.25, -0.2) is 0 Å². The van der Waals surface area contributed by atoms with E-state index in [1.54, 1.807) is 0 Å². The molecule has 0 saturated carbocycles. The third-order valence-electron chi connectivity index (χ3n) is 2.47. The molecule has 1 aromatic carbocycles. The standard InChI is InChI=1S/C11H15N3O/c1-12-7-13-9-3-4-10-8(6-9)2-5-11(15)14-10/h3-4,6,12-13H,2,5,7H2,1H3,(H,14,15). The molecule has 0 unspecified atom stereocenters. The fourth-order valence-corrected chi connectivity index (χ4v) is 1.68. The van der Waals surface area contributed by atoms with Crippen LogP contribution in [-0.2, 0) is 11.2 Å². The number of carbonyl (C=O) groups excluding carboxylic acids is 1. The van der Waals surface area contributed by atoms with Gasteiger partial charge in [-0.15, -0.1) is 0 Å². The van der Waals surface area contributed by atoms with Gasteiger partial charge in [-0.05, 0) is 37.2 Å². The molecule has 4 nitrogen and oxygen atoms in total. The Labute approximate surface area is 89.1 Å². The van der Waals surface area contributed by atoms with Gasteiger partial charge in [0.2, 0.25) is 5.91 Å². The largest absolute Gasteiger partial charge is 0.372 e. The number of rotatable bonds is 3. The topological polar surface area (TPSA) is 53.2 Å². The predicted molar refractivity (Wildman–Crippen MR) is 60.9 cm³/mol. The van der Waals surface area contributed by atoms with E-state index in [0.717, 1.165) is 24.5 Å². The monoisotopic (exact) mass is 205 g/mol. The van der Waals surface area contributed by atoms with E-state index in [4.69, 9.17) is 0 Å². The molecule has 0 fully saturated rings. The molecule has 1 heterocycles. The van der Waals surface area contributed by atoms with Crippen LogP contribution in [0.25, 0.3) is 0 Å². The third kappa shape index (κ3) is 2.27. The second-order valence-corrected chi connectivity index (χ2v) is 3.63. The molecular formula is C11H15N3O. The Morgan fingerprint density at radius 1 is 1.40 bits per heavy atom. The molecule has 1 amide bonds. The van der Waals surface area contributed by atoms with Gasteiger partial charge in [0, 0.05) is 17.8 Å². The highest BCUT2D eigenvalue weighted by atomic mass is 16.1. The van der Waals surface area contributed by atoms with Crippen LogP contribution in [-0.4, -0.2) is 19.6 Å². The molecule has 4 heteroatoms. The summed E-state index contributed by atoms with van der Waals surface area (Å²) in [5.74, 6) is 0.110. The summed E-state index contributed by atoms with van der Waals surface area (Å²) < 4.78 is 0. The molecular weight excluding hydrogens is 190 g/mol. The summed E-state index contributed by atoms with van der Waals surface area (Å²) in [6.07, 6.45) is 1.42. The van der Waals surface area contributed by atoms with Crippen molar-refractivity contribution >= 4 is 17.3 Å². The van der Waals surface area contributed by atoms with Crippen LogP contribution in [0.15, 0.2) is 18.2 Å². The molecule has 2 rings (SSSR count). The maximum absolute atomic E-state index is 11.1. The van der Waals surface area contributed by atoms with Gasteiger partial charge in [-0.2, -0.15) is 0 Å². The van der Waals surface area contributed by atoms with Gasteiger partial charge >= 0.3 is 0 Å². The minimum atomic E-state index is 0.110. The first kappa shape index (κ1) is 9.98. The molecule has 80 valence electrons. The van der Waals surface area contributed by atoms with Crippen LogP contribution in [0.4, 0.5) is 11.4 Å². The Bertz CT molecular complexity index is 376. The van der Waals surface area contributed by atoms with E-state index in [-0.39, 0.29) is 5.91 Å². The highest BCUT2D eigenvalue weighted by Gasteiger charge is 2.14. The second kappa shape index (κ2) is 4.31. The van der Waals surface area contributed by atoms with Crippen molar-refractivity contribution in [2.45, 2.75) is 12.8 Å². The van der Waals surface area contributed by atoms with Crippen LogP contribution < -0.4 is 16.0 Å². The first-order chi connectivity index (χ1) is 7.29. The van der Waals surface area contributed by atoms with Gasteiger partial charge in [-0.1, -0.05) is 0 Å². The van der Waals surface area contributed by atoms with E-state index in [1.165, 1.54) is 5.56 Å². The van der Waals surface area contributed by atoms with Crippen molar-refractivity contribution < 1.29 is 4.79 Å². The Morgan fingerprint density at radius 2 is 2.27 bits per heavy atom. The average Bonchev–Trinajstić information content (AvgIpc) is 2.26. The van der Waals surface area contributed by atoms with E-state index in [9.17, 15) is 4.79 Å². The lowest BCUT2D eigenvalue weighted by Gasteiger charge is -2.17. The van der Waals surface area contributed by atoms with Crippen LogP contribution in [0.5, 0.6) is 0 Å². The predicted octanol–water partition coefficient (Wildman–Crippen LogP) is 1.16. The van der Waals surface area contributed by atoms with Crippen molar-refractivity contribution in [3.8, 4) is 0 Å². The van der Waals surface area contributed by atoms with E-state index >= 15 is 0 Å². The van der Waals surface area contributed by atoms with E-state index in [0.29, 0.717) is 6.42 Å². The quantitative estimate of drug-likeness (QED) is 0.649. The van der Waals surface area contributed by atoms with Crippen molar-refractivity contribution in [3.05, 3.63) is 23.8 Å². The number of carbonyl (C=O) groups is 1. The van der Waals surface area contributed by atoms with Crippen LogP contribution in [0.3, 0.4) is 0 Å². The number of hydrogen-bond donors (Lipinski definition) is 3. The molecule has 1 aliphatic rings. The van der Waals surface area contributed by atoms with Crippen LogP contribution in [0, 0.1) is 0 Å². The lowest BCUT2D eigenvalue weighted by molar-refractivity contribution is -0.116. The smallest absolute Gasteiger partial charge is 0.224 e. The zero-order valence-electron chi connectivity index (χ0n) is 8.76. The third-order valence-corrected chi connectivity index (χ3v) is 2.47. The number of hydrogen-bond acceptors (Lipinski definition) is 3. The minimum absolute atomic E-state index is 0.110. The second-order valence-electron chi connectivity index (χ2n) is 3.63. The summed E-state index contributed by atoms with van der Waals surface area (Å²) in [6.45, 7) is 0.741. The van der Waals surface area contributed by atoms with Crippen molar-refractivity contribution in [2.24, 2.45) is 0 Å². The van der Waals surface area contributed by atoms with E-state index in [2.05, 4.69) is 22.0 Å². The molecule has 0 atom stereocenters. The molecule has 0 aliphatic carbocycles. The summed E-state index contributed by atoms with van der Waals surface area (Å²) in [5.41, 5.74) is 3.23. The Hall–Kier alpha value is -1.55. The first-order valence-corrected chi connectivity index (χ1v) is 5.11. The summed E-state index contributed by atoms with van der Waals surface area (Å²) in [7, 11) is 1.89. The van der Waals surface area contributed by atoms with Gasteiger partial charge in [0.25, 0.3) is 0 Å². The zero-order valence-corrected chi connectivity index (χ0v) is 8.76. The lowest BCUT2D eigenvalue weighted by Crippen LogP contribution is -2.20. The first-order valence-electron chi connectivity index (χ1n) is 5.11. The highest BCUT2D eigenvalue weighted by Crippen LogP contribution is 2.25. The molecule has 1 aliphatic heterocycles. The number of nitrogens with one attached hydrogen (secondary N) is 3. The van der Waals surface area contributed by atoms with E-state index in [1.807, 2.05) is 19.2 Å². The number of anilines is 2. The van der Waals surface area contributed by atoms with Gasteiger partial charge in [-0.3, -0.25) is 4.79 Å². The maximum Gasteiger partial charge on any atom is 0.224 e. The normalized spacial score (nSPS) is 14.3.